The van der Waals surface area contributed by atoms with Gasteiger partial charge < -0.3 is 15.2 Å². The zero-order chi connectivity index (χ0) is 21.3. The molecule has 1 aromatic heterocycles. The Bertz CT molecular complexity index is 976. The quantitative estimate of drug-likeness (QED) is 0.517. The minimum atomic E-state index is -0.0762. The van der Waals surface area contributed by atoms with Crippen LogP contribution in [-0.2, 0) is 29.6 Å². The van der Waals surface area contributed by atoms with Crippen molar-refractivity contribution in [1.82, 2.24) is 25.4 Å². The van der Waals surface area contributed by atoms with Crippen molar-refractivity contribution in [3.63, 3.8) is 0 Å². The van der Waals surface area contributed by atoms with Gasteiger partial charge in [-0.2, -0.15) is 0 Å². The standard InChI is InChI=1S/C22H25N5O2S/c1-16(18-11-7-4-8-12-18)24-21(29)15-30-22-26-25-19(27(22)2)14-23-20(28)13-17-9-5-3-6-10-17/h3-12,16H,13-15H2,1-2H3,(H,23,28)(H,24,29)/t16-/m0/s1. The summed E-state index contributed by atoms with van der Waals surface area (Å²) in [6.07, 6.45) is 0.320. The molecule has 156 valence electrons. The van der Waals surface area contributed by atoms with Crippen molar-refractivity contribution in [3.8, 4) is 0 Å². The molecule has 30 heavy (non-hydrogen) atoms. The van der Waals surface area contributed by atoms with Gasteiger partial charge in [0.1, 0.15) is 0 Å². The highest BCUT2D eigenvalue weighted by atomic mass is 32.2. The van der Waals surface area contributed by atoms with E-state index in [1.165, 1.54) is 11.8 Å². The summed E-state index contributed by atoms with van der Waals surface area (Å²) in [6.45, 7) is 2.24. The van der Waals surface area contributed by atoms with Gasteiger partial charge in [0.2, 0.25) is 11.8 Å². The van der Waals surface area contributed by atoms with E-state index in [0.717, 1.165) is 11.1 Å². The zero-order valence-corrected chi connectivity index (χ0v) is 17.9. The maximum Gasteiger partial charge on any atom is 0.230 e. The van der Waals surface area contributed by atoms with Gasteiger partial charge >= 0.3 is 0 Å². The average Bonchev–Trinajstić information content (AvgIpc) is 3.11. The largest absolute Gasteiger partial charge is 0.349 e. The molecule has 0 saturated heterocycles. The number of benzene rings is 2. The molecule has 0 aliphatic rings. The van der Waals surface area contributed by atoms with Crippen LogP contribution in [0, 0.1) is 0 Å². The Morgan fingerprint density at radius 2 is 1.67 bits per heavy atom. The predicted molar refractivity (Wildman–Crippen MR) is 117 cm³/mol. The van der Waals surface area contributed by atoms with Gasteiger partial charge in [0.25, 0.3) is 0 Å². The number of thioether (sulfide) groups is 1. The van der Waals surface area contributed by atoms with Crippen LogP contribution < -0.4 is 10.6 Å². The minimum Gasteiger partial charge on any atom is -0.349 e. The fourth-order valence-corrected chi connectivity index (χ4v) is 3.63. The Morgan fingerprint density at radius 3 is 2.37 bits per heavy atom. The maximum absolute atomic E-state index is 12.3. The van der Waals surface area contributed by atoms with E-state index in [1.807, 2.05) is 74.6 Å². The fourth-order valence-electron chi connectivity index (χ4n) is 2.88. The third kappa shape index (κ3) is 6.18. The summed E-state index contributed by atoms with van der Waals surface area (Å²) in [5, 5.41) is 14.7. The van der Waals surface area contributed by atoms with Crippen molar-refractivity contribution >= 4 is 23.6 Å². The van der Waals surface area contributed by atoms with Crippen LogP contribution in [0.25, 0.3) is 0 Å². The normalized spacial score (nSPS) is 11.7. The maximum atomic E-state index is 12.3. The molecule has 2 N–H and O–H groups in total. The van der Waals surface area contributed by atoms with E-state index in [4.69, 9.17) is 0 Å². The summed E-state index contributed by atoms with van der Waals surface area (Å²) in [5.41, 5.74) is 2.02. The van der Waals surface area contributed by atoms with Crippen LogP contribution >= 0.6 is 11.8 Å². The molecule has 0 bridgehead atoms. The Balaban J connectivity index is 1.45. The van der Waals surface area contributed by atoms with E-state index in [9.17, 15) is 9.59 Å². The number of rotatable bonds is 9. The lowest BCUT2D eigenvalue weighted by molar-refractivity contribution is -0.121. The molecule has 0 unspecified atom stereocenters. The van der Waals surface area contributed by atoms with E-state index < -0.39 is 0 Å². The number of nitrogens with one attached hydrogen (secondary N) is 2. The molecule has 8 heteroatoms. The van der Waals surface area contributed by atoms with Gasteiger partial charge in [0, 0.05) is 7.05 Å². The molecular formula is C22H25N5O2S. The summed E-state index contributed by atoms with van der Waals surface area (Å²) in [7, 11) is 1.82. The Labute approximate surface area is 180 Å². The highest BCUT2D eigenvalue weighted by Gasteiger charge is 2.14. The molecule has 3 rings (SSSR count). The second kappa shape index (κ2) is 10.6. The van der Waals surface area contributed by atoms with Gasteiger partial charge in [-0.1, -0.05) is 72.4 Å². The fraction of sp³-hybridized carbons (Fsp3) is 0.273. The topological polar surface area (TPSA) is 88.9 Å². The molecule has 0 spiro atoms. The molecule has 0 fully saturated rings. The molecule has 0 saturated carbocycles. The van der Waals surface area contributed by atoms with E-state index in [2.05, 4.69) is 20.8 Å². The number of hydrogen-bond donors (Lipinski definition) is 2. The minimum absolute atomic E-state index is 0.0609. The molecule has 1 atom stereocenters. The molecule has 2 aromatic carbocycles. The van der Waals surface area contributed by atoms with Crippen molar-refractivity contribution in [2.75, 3.05) is 5.75 Å². The van der Waals surface area contributed by atoms with Crippen LogP contribution in [0.3, 0.4) is 0 Å². The monoisotopic (exact) mass is 423 g/mol. The van der Waals surface area contributed by atoms with Gasteiger partial charge in [-0.15, -0.1) is 10.2 Å². The van der Waals surface area contributed by atoms with Gasteiger partial charge in [0.05, 0.1) is 24.8 Å². The van der Waals surface area contributed by atoms with Crippen molar-refractivity contribution in [1.29, 1.82) is 0 Å². The van der Waals surface area contributed by atoms with Crippen LogP contribution in [-0.4, -0.2) is 32.3 Å². The Morgan fingerprint density at radius 1 is 1.00 bits per heavy atom. The molecule has 3 aromatic rings. The molecule has 7 nitrogen and oxygen atoms in total. The number of hydrogen-bond acceptors (Lipinski definition) is 5. The first-order valence-electron chi connectivity index (χ1n) is 9.69. The predicted octanol–water partition coefficient (Wildman–Crippen LogP) is 2.64. The van der Waals surface area contributed by atoms with Crippen LogP contribution in [0.5, 0.6) is 0 Å². The summed E-state index contributed by atoms with van der Waals surface area (Å²) >= 11 is 1.31. The lowest BCUT2D eigenvalue weighted by Crippen LogP contribution is -2.28. The van der Waals surface area contributed by atoms with Crippen LogP contribution in [0.2, 0.25) is 0 Å². The number of nitrogens with zero attached hydrogens (tertiary/aromatic N) is 3. The molecule has 0 aliphatic heterocycles. The first-order chi connectivity index (χ1) is 14.5. The van der Waals surface area contributed by atoms with E-state index in [0.29, 0.717) is 17.4 Å². The van der Waals surface area contributed by atoms with Crippen molar-refractivity contribution in [3.05, 3.63) is 77.6 Å². The second-order valence-corrected chi connectivity index (χ2v) is 7.83. The average molecular weight is 424 g/mol. The highest BCUT2D eigenvalue weighted by molar-refractivity contribution is 7.99. The first-order valence-corrected chi connectivity index (χ1v) is 10.7. The lowest BCUT2D eigenvalue weighted by atomic mass is 10.1. The van der Waals surface area contributed by atoms with E-state index in [-0.39, 0.29) is 30.2 Å². The van der Waals surface area contributed by atoms with Crippen molar-refractivity contribution in [2.24, 2.45) is 7.05 Å². The first kappa shape index (κ1) is 21.6. The summed E-state index contributed by atoms with van der Waals surface area (Å²) in [4.78, 5) is 24.4. The van der Waals surface area contributed by atoms with Gasteiger partial charge in [-0.3, -0.25) is 9.59 Å². The number of carbonyl (C=O) groups excluding carboxylic acids is 2. The number of aromatic nitrogens is 3. The summed E-state index contributed by atoms with van der Waals surface area (Å²) in [6, 6.07) is 19.3. The van der Waals surface area contributed by atoms with Crippen LogP contribution in [0.1, 0.15) is 29.9 Å². The Kier molecular flexibility index (Phi) is 7.62. The molecule has 1 heterocycles. The third-order valence-corrected chi connectivity index (χ3v) is 5.61. The zero-order valence-electron chi connectivity index (χ0n) is 17.0. The van der Waals surface area contributed by atoms with Crippen molar-refractivity contribution in [2.45, 2.75) is 31.1 Å². The van der Waals surface area contributed by atoms with Gasteiger partial charge in [0.15, 0.2) is 11.0 Å². The lowest BCUT2D eigenvalue weighted by Gasteiger charge is -2.14. The highest BCUT2D eigenvalue weighted by Crippen LogP contribution is 2.17. The van der Waals surface area contributed by atoms with E-state index in [1.54, 1.807) is 4.57 Å². The number of amides is 2. The molecule has 0 radical (unpaired) electrons. The Hall–Kier alpha value is -3.13. The molecular weight excluding hydrogens is 398 g/mol. The SMILES string of the molecule is C[C@H](NC(=O)CSc1nnc(CNC(=O)Cc2ccccc2)n1C)c1ccccc1. The molecule has 2 amide bonds. The van der Waals surface area contributed by atoms with Gasteiger partial charge in [-0.25, -0.2) is 0 Å². The van der Waals surface area contributed by atoms with Crippen LogP contribution in [0.15, 0.2) is 65.8 Å². The van der Waals surface area contributed by atoms with E-state index >= 15 is 0 Å². The van der Waals surface area contributed by atoms with Gasteiger partial charge in [-0.05, 0) is 18.1 Å². The third-order valence-electron chi connectivity index (χ3n) is 4.59. The summed E-state index contributed by atoms with van der Waals surface area (Å²) < 4.78 is 1.79. The smallest absolute Gasteiger partial charge is 0.230 e. The summed E-state index contributed by atoms with van der Waals surface area (Å²) in [5.74, 6) is 0.727. The van der Waals surface area contributed by atoms with Crippen LogP contribution in [0.4, 0.5) is 0 Å². The second-order valence-electron chi connectivity index (χ2n) is 6.89. The van der Waals surface area contributed by atoms with Crippen molar-refractivity contribution < 1.29 is 9.59 Å². The molecule has 0 aliphatic carbocycles. The number of carbonyl (C=O) groups is 2.